The molecule has 4 aromatic rings. The van der Waals surface area contributed by atoms with Crippen LogP contribution in [0.4, 0.5) is 0 Å². The van der Waals surface area contributed by atoms with Gasteiger partial charge in [-0.2, -0.15) is 0 Å². The van der Waals surface area contributed by atoms with Gasteiger partial charge in [-0.25, -0.2) is 14.5 Å². The average Bonchev–Trinajstić information content (AvgIpc) is 3.21. The zero-order valence-corrected chi connectivity index (χ0v) is 16.0. The average molecular weight is 363 g/mol. The highest BCUT2D eigenvalue weighted by Gasteiger charge is 2.31. The lowest BCUT2D eigenvalue weighted by Crippen LogP contribution is -2.26. The first-order valence-corrected chi connectivity index (χ1v) is 9.88. The zero-order valence-electron chi connectivity index (χ0n) is 15.2. The molecule has 0 N–H and O–H groups in total. The topological polar surface area (TPSA) is 56.0 Å². The van der Waals surface area contributed by atoms with Gasteiger partial charge in [0.15, 0.2) is 11.5 Å². The zero-order chi connectivity index (χ0) is 17.9. The Morgan fingerprint density at radius 2 is 2.00 bits per heavy atom. The van der Waals surface area contributed by atoms with Crippen molar-refractivity contribution in [3.63, 3.8) is 0 Å². The van der Waals surface area contributed by atoms with Gasteiger partial charge in [0.2, 0.25) is 0 Å². The van der Waals surface area contributed by atoms with Crippen LogP contribution in [0.2, 0.25) is 0 Å². The lowest BCUT2D eigenvalue weighted by molar-refractivity contribution is 0.218. The predicted octanol–water partition coefficient (Wildman–Crippen LogP) is 4.55. The second kappa shape index (κ2) is 5.58. The van der Waals surface area contributed by atoms with E-state index in [4.69, 9.17) is 4.98 Å². The fourth-order valence-electron chi connectivity index (χ4n) is 3.94. The molecule has 1 unspecified atom stereocenters. The van der Waals surface area contributed by atoms with Crippen molar-refractivity contribution in [3.05, 3.63) is 41.3 Å². The van der Waals surface area contributed by atoms with Gasteiger partial charge >= 0.3 is 0 Å². The Morgan fingerprint density at radius 3 is 2.77 bits per heavy atom. The summed E-state index contributed by atoms with van der Waals surface area (Å²) in [6, 6.07) is 3.88. The van der Waals surface area contributed by atoms with Crippen LogP contribution in [0.25, 0.3) is 27.3 Å². The first-order valence-electron chi connectivity index (χ1n) is 9.07. The molecule has 0 aromatic carbocycles. The van der Waals surface area contributed by atoms with E-state index in [1.165, 1.54) is 22.2 Å². The van der Waals surface area contributed by atoms with Crippen molar-refractivity contribution in [1.82, 2.24) is 24.6 Å². The molecule has 5 rings (SSSR count). The van der Waals surface area contributed by atoms with Crippen LogP contribution in [0.1, 0.15) is 37.6 Å². The number of hydrogen-bond donors (Lipinski definition) is 0. The minimum absolute atomic E-state index is 0.347. The molecule has 4 heterocycles. The summed E-state index contributed by atoms with van der Waals surface area (Å²) in [5.74, 6) is 1.45. The van der Waals surface area contributed by atoms with Crippen molar-refractivity contribution in [2.45, 2.75) is 40.0 Å². The van der Waals surface area contributed by atoms with Crippen LogP contribution in [0, 0.1) is 11.3 Å². The summed E-state index contributed by atoms with van der Waals surface area (Å²) in [6.45, 7) is 7.06. The van der Waals surface area contributed by atoms with Gasteiger partial charge in [0, 0.05) is 22.8 Å². The van der Waals surface area contributed by atoms with E-state index in [2.05, 4.69) is 35.8 Å². The van der Waals surface area contributed by atoms with Gasteiger partial charge in [-0.3, -0.25) is 4.98 Å². The number of aromatic nitrogens is 5. The van der Waals surface area contributed by atoms with Crippen molar-refractivity contribution >= 4 is 27.2 Å². The van der Waals surface area contributed by atoms with Crippen molar-refractivity contribution in [2.75, 3.05) is 0 Å². The minimum Gasteiger partial charge on any atom is -0.265 e. The standard InChI is InChI=1S/C20H21N5S/c1-20(2,3)13-4-5-14-15(10-13)26-19-16(14)18-23-17(24-25(18)11-22-19)12-6-8-21-9-7-12/h6-9,11,13H,4-5,10H2,1-3H3. The van der Waals surface area contributed by atoms with E-state index in [1.54, 1.807) is 18.7 Å². The lowest BCUT2D eigenvalue weighted by Gasteiger charge is -2.33. The van der Waals surface area contributed by atoms with Gasteiger partial charge in [0.1, 0.15) is 11.2 Å². The number of rotatable bonds is 1. The largest absolute Gasteiger partial charge is 0.265 e. The molecule has 0 saturated heterocycles. The van der Waals surface area contributed by atoms with Crippen LogP contribution in [0.3, 0.4) is 0 Å². The highest BCUT2D eigenvalue weighted by molar-refractivity contribution is 7.19. The Morgan fingerprint density at radius 1 is 1.19 bits per heavy atom. The monoisotopic (exact) mass is 363 g/mol. The number of fused-ring (bicyclic) bond motifs is 5. The first kappa shape index (κ1) is 15.9. The Kier molecular flexibility index (Phi) is 3.41. The molecule has 5 nitrogen and oxygen atoms in total. The maximum Gasteiger partial charge on any atom is 0.182 e. The predicted molar refractivity (Wildman–Crippen MR) is 104 cm³/mol. The quantitative estimate of drug-likeness (QED) is 0.498. The molecule has 1 aliphatic rings. The second-order valence-corrected chi connectivity index (χ2v) is 9.26. The highest BCUT2D eigenvalue weighted by atomic mass is 32.1. The molecule has 6 heteroatoms. The Bertz CT molecular complexity index is 1100. The van der Waals surface area contributed by atoms with Crippen LogP contribution >= 0.6 is 11.3 Å². The number of pyridine rings is 1. The van der Waals surface area contributed by atoms with E-state index in [0.717, 1.165) is 40.6 Å². The van der Waals surface area contributed by atoms with Gasteiger partial charge < -0.3 is 0 Å². The van der Waals surface area contributed by atoms with Gasteiger partial charge in [0.25, 0.3) is 0 Å². The van der Waals surface area contributed by atoms with Crippen molar-refractivity contribution in [2.24, 2.45) is 11.3 Å². The Labute approximate surface area is 156 Å². The third-order valence-electron chi connectivity index (χ3n) is 5.55. The normalized spacial score (nSPS) is 17.7. The fourth-order valence-corrected chi connectivity index (χ4v) is 5.20. The molecule has 0 aliphatic heterocycles. The summed E-state index contributed by atoms with van der Waals surface area (Å²) in [7, 11) is 0. The van der Waals surface area contributed by atoms with Crippen LogP contribution < -0.4 is 0 Å². The van der Waals surface area contributed by atoms with Crippen LogP contribution in [0.5, 0.6) is 0 Å². The third kappa shape index (κ3) is 2.43. The maximum absolute atomic E-state index is 4.85. The van der Waals surface area contributed by atoms with E-state index in [9.17, 15) is 0 Å². The molecule has 0 radical (unpaired) electrons. The molecule has 1 atom stereocenters. The summed E-state index contributed by atoms with van der Waals surface area (Å²) in [5.41, 5.74) is 3.69. The van der Waals surface area contributed by atoms with Gasteiger partial charge in [-0.15, -0.1) is 16.4 Å². The van der Waals surface area contributed by atoms with E-state index in [-0.39, 0.29) is 0 Å². The molecule has 4 aromatic heterocycles. The number of thiophene rings is 1. The lowest BCUT2D eigenvalue weighted by atomic mass is 9.72. The second-order valence-electron chi connectivity index (χ2n) is 8.17. The van der Waals surface area contributed by atoms with E-state index in [0.29, 0.717) is 5.41 Å². The van der Waals surface area contributed by atoms with Crippen LogP contribution in [0.15, 0.2) is 30.9 Å². The van der Waals surface area contributed by atoms with E-state index < -0.39 is 0 Å². The third-order valence-corrected chi connectivity index (χ3v) is 6.71. The van der Waals surface area contributed by atoms with E-state index in [1.807, 2.05) is 28.0 Å². The Hall–Kier alpha value is -2.34. The van der Waals surface area contributed by atoms with Gasteiger partial charge in [-0.1, -0.05) is 20.8 Å². The van der Waals surface area contributed by atoms with E-state index >= 15 is 0 Å². The van der Waals surface area contributed by atoms with Crippen molar-refractivity contribution in [1.29, 1.82) is 0 Å². The molecular weight excluding hydrogens is 342 g/mol. The minimum atomic E-state index is 0.347. The van der Waals surface area contributed by atoms with Crippen molar-refractivity contribution in [3.8, 4) is 11.4 Å². The summed E-state index contributed by atoms with van der Waals surface area (Å²) in [5, 5.41) is 5.84. The van der Waals surface area contributed by atoms with Gasteiger partial charge in [0.05, 0.1) is 5.39 Å². The molecular formula is C20H21N5S. The summed E-state index contributed by atoms with van der Waals surface area (Å²) in [6.07, 6.45) is 8.82. The molecule has 0 amide bonds. The van der Waals surface area contributed by atoms with Gasteiger partial charge in [-0.05, 0) is 48.3 Å². The first-order chi connectivity index (χ1) is 12.5. The number of aryl methyl sites for hydroxylation is 1. The molecule has 1 aliphatic carbocycles. The highest BCUT2D eigenvalue weighted by Crippen LogP contribution is 2.43. The molecule has 26 heavy (non-hydrogen) atoms. The summed E-state index contributed by atoms with van der Waals surface area (Å²) >= 11 is 1.84. The smallest absolute Gasteiger partial charge is 0.182 e. The molecule has 0 fully saturated rings. The molecule has 0 saturated carbocycles. The Balaban J connectivity index is 1.67. The summed E-state index contributed by atoms with van der Waals surface area (Å²) < 4.78 is 1.82. The maximum atomic E-state index is 4.85. The fraction of sp³-hybridized carbons (Fsp3) is 0.400. The molecule has 0 bridgehead atoms. The molecule has 132 valence electrons. The van der Waals surface area contributed by atoms with Crippen LogP contribution in [-0.2, 0) is 12.8 Å². The number of nitrogens with zero attached hydrogens (tertiary/aromatic N) is 5. The number of hydrogen-bond acceptors (Lipinski definition) is 5. The summed E-state index contributed by atoms with van der Waals surface area (Å²) in [4.78, 5) is 16.2. The molecule has 0 spiro atoms. The van der Waals surface area contributed by atoms with Crippen LogP contribution in [-0.4, -0.2) is 24.6 Å². The van der Waals surface area contributed by atoms with Crippen molar-refractivity contribution < 1.29 is 0 Å². The SMILES string of the molecule is CC(C)(C)C1CCc2c(sc3ncn4nc(-c5ccncc5)nc4c23)C1.